The van der Waals surface area contributed by atoms with Gasteiger partial charge in [0.15, 0.2) is 11.6 Å². The number of nitriles is 1. The molecule has 7 nitrogen and oxygen atoms in total. The standard InChI is InChI=1S/C27H31N5O2/c1-17(2)22-13-18(3)23(26-29-25(16-34-4)30-31-26)14-24(22)27(33)32-11-9-19(10-12-32)21-8-6-5-7-20(21)15-28/h5-8,13-14,17,19H,9-12,16H2,1-4H3,(H,29,30,31). The largest absolute Gasteiger partial charge is 0.377 e. The molecule has 2 heterocycles. The van der Waals surface area contributed by atoms with E-state index in [1.54, 1.807) is 7.11 Å². The number of aromatic nitrogens is 3. The number of hydrogen-bond acceptors (Lipinski definition) is 5. The molecule has 1 aliphatic rings. The molecule has 7 heteroatoms. The lowest BCUT2D eigenvalue weighted by Crippen LogP contribution is -2.38. The van der Waals surface area contributed by atoms with Crippen LogP contribution in [0.25, 0.3) is 11.4 Å². The quantitative estimate of drug-likeness (QED) is 0.566. The number of piperidine rings is 1. The molecule has 0 saturated carbocycles. The van der Waals surface area contributed by atoms with Crippen LogP contribution in [-0.2, 0) is 11.3 Å². The third-order valence-electron chi connectivity index (χ3n) is 6.62. The molecule has 0 radical (unpaired) electrons. The summed E-state index contributed by atoms with van der Waals surface area (Å²) in [6, 6.07) is 14.2. The van der Waals surface area contributed by atoms with E-state index >= 15 is 0 Å². The fraction of sp³-hybridized carbons (Fsp3) is 0.407. The predicted octanol–water partition coefficient (Wildman–Crippen LogP) is 4.94. The summed E-state index contributed by atoms with van der Waals surface area (Å²) >= 11 is 0. The van der Waals surface area contributed by atoms with E-state index in [0.717, 1.165) is 46.2 Å². The van der Waals surface area contributed by atoms with Gasteiger partial charge in [-0.05, 0) is 60.4 Å². The van der Waals surface area contributed by atoms with Crippen LogP contribution in [-0.4, -0.2) is 46.2 Å². The third kappa shape index (κ3) is 4.73. The van der Waals surface area contributed by atoms with Crippen molar-refractivity contribution in [3.63, 3.8) is 0 Å². The molecule has 3 aromatic rings. The summed E-state index contributed by atoms with van der Waals surface area (Å²) in [5.74, 6) is 1.85. The van der Waals surface area contributed by atoms with Crippen molar-refractivity contribution < 1.29 is 9.53 Å². The van der Waals surface area contributed by atoms with Gasteiger partial charge in [0.2, 0.25) is 0 Å². The molecule has 1 saturated heterocycles. The highest BCUT2D eigenvalue weighted by molar-refractivity contribution is 5.97. The fourth-order valence-electron chi connectivity index (χ4n) is 4.79. The van der Waals surface area contributed by atoms with E-state index in [1.807, 2.05) is 42.2 Å². The van der Waals surface area contributed by atoms with Crippen LogP contribution in [0.1, 0.15) is 77.0 Å². The molecular weight excluding hydrogens is 426 g/mol. The maximum absolute atomic E-state index is 13.7. The van der Waals surface area contributed by atoms with Crippen molar-refractivity contribution in [3.05, 3.63) is 70.0 Å². The number of H-pyrrole nitrogens is 1. The average molecular weight is 458 g/mol. The van der Waals surface area contributed by atoms with Crippen molar-refractivity contribution >= 4 is 5.91 Å². The van der Waals surface area contributed by atoms with Gasteiger partial charge in [-0.25, -0.2) is 0 Å². The van der Waals surface area contributed by atoms with Gasteiger partial charge in [-0.15, -0.1) is 10.2 Å². The first-order valence-corrected chi connectivity index (χ1v) is 11.8. The van der Waals surface area contributed by atoms with Crippen LogP contribution in [0.5, 0.6) is 0 Å². The highest BCUT2D eigenvalue weighted by Gasteiger charge is 2.28. The summed E-state index contributed by atoms with van der Waals surface area (Å²) < 4.78 is 5.14. The molecule has 4 rings (SSSR count). The Hall–Kier alpha value is -3.50. The minimum atomic E-state index is 0.0496. The Bertz CT molecular complexity index is 1220. The summed E-state index contributed by atoms with van der Waals surface area (Å²) in [4.78, 5) is 18.9. The number of carbonyl (C=O) groups is 1. The predicted molar refractivity (Wildman–Crippen MR) is 130 cm³/mol. The number of aryl methyl sites for hydroxylation is 1. The lowest BCUT2D eigenvalue weighted by Gasteiger charge is -2.33. The van der Waals surface area contributed by atoms with Gasteiger partial charge in [0, 0.05) is 31.3 Å². The van der Waals surface area contributed by atoms with Crippen LogP contribution >= 0.6 is 0 Å². The number of likely N-dealkylation sites (tertiary alicyclic amines) is 1. The second-order valence-corrected chi connectivity index (χ2v) is 9.23. The number of benzene rings is 2. The number of amides is 1. The van der Waals surface area contributed by atoms with Crippen molar-refractivity contribution in [1.82, 2.24) is 20.1 Å². The van der Waals surface area contributed by atoms with E-state index in [9.17, 15) is 10.1 Å². The zero-order valence-electron chi connectivity index (χ0n) is 20.3. The van der Waals surface area contributed by atoms with Gasteiger partial charge in [-0.2, -0.15) is 5.26 Å². The van der Waals surface area contributed by atoms with Gasteiger partial charge >= 0.3 is 0 Å². The number of rotatable bonds is 6. The number of aromatic amines is 1. The first-order valence-electron chi connectivity index (χ1n) is 11.8. The molecule has 0 atom stereocenters. The van der Waals surface area contributed by atoms with E-state index < -0.39 is 0 Å². The van der Waals surface area contributed by atoms with Crippen molar-refractivity contribution in [3.8, 4) is 17.5 Å². The van der Waals surface area contributed by atoms with Crippen molar-refractivity contribution in [1.29, 1.82) is 5.26 Å². The van der Waals surface area contributed by atoms with Gasteiger partial charge < -0.3 is 14.6 Å². The Labute approximate surface area is 200 Å². The molecule has 1 aliphatic heterocycles. The second kappa shape index (κ2) is 10.2. The molecule has 176 valence electrons. The van der Waals surface area contributed by atoms with E-state index in [4.69, 9.17) is 4.74 Å². The first-order chi connectivity index (χ1) is 16.4. The summed E-state index contributed by atoms with van der Waals surface area (Å²) in [5, 5.41) is 17.9. The van der Waals surface area contributed by atoms with E-state index in [-0.39, 0.29) is 11.8 Å². The van der Waals surface area contributed by atoms with Gasteiger partial charge in [0.05, 0.1) is 11.6 Å². The molecule has 0 aliphatic carbocycles. The molecule has 1 N–H and O–H groups in total. The molecule has 1 fully saturated rings. The molecule has 0 unspecified atom stereocenters. The summed E-state index contributed by atoms with van der Waals surface area (Å²) in [7, 11) is 1.61. The van der Waals surface area contributed by atoms with Gasteiger partial charge in [0.25, 0.3) is 5.91 Å². The van der Waals surface area contributed by atoms with Crippen LogP contribution in [0.4, 0.5) is 0 Å². The minimum Gasteiger partial charge on any atom is -0.377 e. The topological polar surface area (TPSA) is 94.9 Å². The van der Waals surface area contributed by atoms with Crippen LogP contribution in [0, 0.1) is 18.3 Å². The summed E-state index contributed by atoms with van der Waals surface area (Å²) in [5.41, 5.74) is 5.51. The maximum Gasteiger partial charge on any atom is 0.254 e. The Balaban J connectivity index is 1.59. The van der Waals surface area contributed by atoms with Crippen LogP contribution in [0.15, 0.2) is 36.4 Å². The third-order valence-corrected chi connectivity index (χ3v) is 6.62. The highest BCUT2D eigenvalue weighted by Crippen LogP contribution is 2.33. The summed E-state index contributed by atoms with van der Waals surface area (Å²) in [6.07, 6.45) is 1.70. The van der Waals surface area contributed by atoms with Gasteiger partial charge in [-0.3, -0.25) is 4.79 Å². The van der Waals surface area contributed by atoms with E-state index in [0.29, 0.717) is 37.3 Å². The Morgan fingerprint density at radius 1 is 1.24 bits per heavy atom. The lowest BCUT2D eigenvalue weighted by molar-refractivity contribution is 0.0711. The average Bonchev–Trinajstić information content (AvgIpc) is 3.32. The molecular formula is C27H31N5O2. The Morgan fingerprint density at radius 3 is 2.65 bits per heavy atom. The molecule has 1 aromatic heterocycles. The molecule has 0 bridgehead atoms. The molecule has 2 aromatic carbocycles. The molecule has 34 heavy (non-hydrogen) atoms. The monoisotopic (exact) mass is 457 g/mol. The zero-order chi connectivity index (χ0) is 24.2. The SMILES string of the molecule is COCc1nnc(-c2cc(C(=O)N3CCC(c4ccccc4C#N)CC3)c(C(C)C)cc2C)[nH]1. The number of hydrogen-bond donors (Lipinski definition) is 1. The number of carbonyl (C=O) groups excluding carboxylic acids is 1. The smallest absolute Gasteiger partial charge is 0.254 e. The number of nitrogens with zero attached hydrogens (tertiary/aromatic N) is 4. The zero-order valence-corrected chi connectivity index (χ0v) is 20.3. The highest BCUT2D eigenvalue weighted by atomic mass is 16.5. The molecule has 0 spiro atoms. The van der Waals surface area contributed by atoms with Crippen molar-refractivity contribution in [2.75, 3.05) is 20.2 Å². The van der Waals surface area contributed by atoms with E-state index in [1.165, 1.54) is 0 Å². The first kappa shape index (κ1) is 23.7. The van der Waals surface area contributed by atoms with Gasteiger partial charge in [0.1, 0.15) is 6.61 Å². The van der Waals surface area contributed by atoms with Crippen LogP contribution in [0.2, 0.25) is 0 Å². The van der Waals surface area contributed by atoms with Crippen LogP contribution in [0.3, 0.4) is 0 Å². The normalized spacial score (nSPS) is 14.4. The fourth-order valence-corrected chi connectivity index (χ4v) is 4.79. The van der Waals surface area contributed by atoms with Crippen LogP contribution < -0.4 is 0 Å². The number of ether oxygens (including phenoxy) is 1. The number of methoxy groups -OCH3 is 1. The maximum atomic E-state index is 13.7. The number of nitrogens with one attached hydrogen (secondary N) is 1. The lowest BCUT2D eigenvalue weighted by atomic mass is 9.86. The Kier molecular flexibility index (Phi) is 7.09. The van der Waals surface area contributed by atoms with E-state index in [2.05, 4.69) is 41.2 Å². The van der Waals surface area contributed by atoms with Gasteiger partial charge in [-0.1, -0.05) is 38.1 Å². The minimum absolute atomic E-state index is 0.0496. The van der Waals surface area contributed by atoms with Crippen molar-refractivity contribution in [2.45, 2.75) is 52.1 Å². The Morgan fingerprint density at radius 2 is 1.97 bits per heavy atom. The molecule has 1 amide bonds. The summed E-state index contributed by atoms with van der Waals surface area (Å²) in [6.45, 7) is 7.95. The van der Waals surface area contributed by atoms with Crippen molar-refractivity contribution in [2.24, 2.45) is 0 Å². The second-order valence-electron chi connectivity index (χ2n) is 9.23.